The summed E-state index contributed by atoms with van der Waals surface area (Å²) in [6, 6.07) is 2.28. The van der Waals surface area contributed by atoms with E-state index in [-0.39, 0.29) is 0 Å². The zero-order chi connectivity index (χ0) is 11.1. The van der Waals surface area contributed by atoms with Crippen LogP contribution in [-0.4, -0.2) is 11.4 Å². The molecule has 0 spiro atoms. The van der Waals surface area contributed by atoms with Crippen molar-refractivity contribution in [3.05, 3.63) is 22.2 Å². The van der Waals surface area contributed by atoms with Crippen LogP contribution in [0.3, 0.4) is 0 Å². The Bertz CT molecular complexity index is 592. The quantitative estimate of drug-likeness (QED) is 0.728. The highest BCUT2D eigenvalue weighted by Gasteiger charge is 2.27. The first kappa shape index (κ1) is 9.94. The zero-order valence-electron chi connectivity index (χ0n) is 8.61. The Balaban J connectivity index is 2.31. The van der Waals surface area contributed by atoms with Gasteiger partial charge in [-0.2, -0.15) is 5.26 Å². The number of nitrogens with zero attached hydrogens (tertiary/aromatic N) is 2. The summed E-state index contributed by atoms with van der Waals surface area (Å²) in [6.07, 6.45) is 5.65. The lowest BCUT2D eigenvalue weighted by Gasteiger charge is -2.10. The number of fused-ring (bicyclic) bond motifs is 3. The van der Waals surface area contributed by atoms with Gasteiger partial charge in [0.1, 0.15) is 10.9 Å². The molecule has 80 valence electrons. The van der Waals surface area contributed by atoms with Gasteiger partial charge in [0.2, 0.25) is 0 Å². The molecule has 0 saturated heterocycles. The van der Waals surface area contributed by atoms with Gasteiger partial charge in [-0.15, -0.1) is 23.1 Å². The van der Waals surface area contributed by atoms with E-state index in [1.807, 2.05) is 6.26 Å². The lowest BCUT2D eigenvalue weighted by molar-refractivity contribution is 0.430. The highest BCUT2D eigenvalue weighted by molar-refractivity contribution is 8.00. The molecule has 0 saturated carbocycles. The molecular formula is C11H8N2OS2. The monoisotopic (exact) mass is 248 g/mol. The summed E-state index contributed by atoms with van der Waals surface area (Å²) in [4.78, 5) is 0.821. The van der Waals surface area contributed by atoms with Gasteiger partial charge in [0.25, 0.3) is 0 Å². The fraction of sp³-hybridized carbons (Fsp3) is 0.273. The van der Waals surface area contributed by atoms with E-state index < -0.39 is 0 Å². The van der Waals surface area contributed by atoms with E-state index in [2.05, 4.69) is 11.2 Å². The smallest absolute Gasteiger partial charge is 0.172 e. The fourth-order valence-electron chi connectivity index (χ4n) is 2.05. The predicted molar refractivity (Wildman–Crippen MR) is 63.7 cm³/mol. The predicted octanol–water partition coefficient (Wildman–Crippen LogP) is 3.10. The van der Waals surface area contributed by atoms with Crippen LogP contribution in [0.1, 0.15) is 16.0 Å². The summed E-state index contributed by atoms with van der Waals surface area (Å²) < 4.78 is 6.47. The van der Waals surface area contributed by atoms with Crippen molar-refractivity contribution in [1.29, 1.82) is 5.26 Å². The summed E-state index contributed by atoms with van der Waals surface area (Å²) >= 11 is 3.22. The Morgan fingerprint density at radius 1 is 1.56 bits per heavy atom. The molecule has 0 bridgehead atoms. The van der Waals surface area contributed by atoms with Crippen LogP contribution in [0.5, 0.6) is 0 Å². The van der Waals surface area contributed by atoms with E-state index >= 15 is 0 Å². The number of aromatic nitrogens is 1. The Labute approximate surface area is 101 Å². The maximum absolute atomic E-state index is 9.11. The van der Waals surface area contributed by atoms with E-state index in [0.717, 1.165) is 44.4 Å². The van der Waals surface area contributed by atoms with Crippen LogP contribution >= 0.6 is 23.1 Å². The standard InChI is InChI=1S/C11H8N2OS2/c1-15-11-9-7(8(4-12)16-11)3-2-6-5-13-14-10(6)9/h5H,2-3H2,1H3. The fourth-order valence-corrected chi connectivity index (χ4v) is 3.93. The highest BCUT2D eigenvalue weighted by Crippen LogP contribution is 2.45. The number of hydrogen-bond donors (Lipinski definition) is 0. The van der Waals surface area contributed by atoms with Crippen molar-refractivity contribution in [2.24, 2.45) is 0 Å². The third-order valence-electron chi connectivity index (χ3n) is 2.78. The minimum absolute atomic E-state index is 0.821. The minimum atomic E-state index is 0.821. The SMILES string of the molecule is CSc1sc(C#N)c2c1-c1oncc1CC2. The molecule has 0 fully saturated rings. The van der Waals surface area contributed by atoms with Crippen molar-refractivity contribution >= 4 is 23.1 Å². The maximum Gasteiger partial charge on any atom is 0.172 e. The van der Waals surface area contributed by atoms with Crippen molar-refractivity contribution in [3.63, 3.8) is 0 Å². The van der Waals surface area contributed by atoms with E-state index in [4.69, 9.17) is 9.78 Å². The van der Waals surface area contributed by atoms with Crippen LogP contribution in [0.25, 0.3) is 11.3 Å². The molecule has 0 aromatic carbocycles. The summed E-state index contributed by atoms with van der Waals surface area (Å²) in [7, 11) is 0. The number of rotatable bonds is 1. The first-order valence-electron chi connectivity index (χ1n) is 4.88. The van der Waals surface area contributed by atoms with E-state index in [1.165, 1.54) is 0 Å². The van der Waals surface area contributed by atoms with Crippen molar-refractivity contribution in [3.8, 4) is 17.4 Å². The van der Waals surface area contributed by atoms with Crippen LogP contribution in [0.2, 0.25) is 0 Å². The first-order chi connectivity index (χ1) is 7.85. The average Bonchev–Trinajstić information content (AvgIpc) is 2.91. The summed E-state index contributed by atoms with van der Waals surface area (Å²) in [5.41, 5.74) is 3.40. The van der Waals surface area contributed by atoms with Gasteiger partial charge in [-0.1, -0.05) is 5.16 Å². The van der Waals surface area contributed by atoms with Gasteiger partial charge in [0.05, 0.1) is 10.4 Å². The molecule has 1 aliphatic carbocycles. The van der Waals surface area contributed by atoms with Crippen LogP contribution in [0.4, 0.5) is 0 Å². The molecule has 2 aromatic heterocycles. The lowest BCUT2D eigenvalue weighted by atomic mass is 9.93. The van der Waals surface area contributed by atoms with Gasteiger partial charge in [0, 0.05) is 11.1 Å². The van der Waals surface area contributed by atoms with E-state index in [9.17, 15) is 0 Å². The molecule has 0 amide bonds. The maximum atomic E-state index is 9.11. The van der Waals surface area contributed by atoms with Crippen molar-refractivity contribution < 1.29 is 4.52 Å². The number of nitriles is 1. The molecular weight excluding hydrogens is 240 g/mol. The Hall–Kier alpha value is -1.25. The molecule has 2 heterocycles. The molecule has 3 nitrogen and oxygen atoms in total. The average molecular weight is 248 g/mol. The number of hydrogen-bond acceptors (Lipinski definition) is 5. The Kier molecular flexibility index (Phi) is 2.27. The van der Waals surface area contributed by atoms with Gasteiger partial charge >= 0.3 is 0 Å². The first-order valence-corrected chi connectivity index (χ1v) is 6.93. The van der Waals surface area contributed by atoms with Crippen LogP contribution < -0.4 is 0 Å². The van der Waals surface area contributed by atoms with Gasteiger partial charge in [0.15, 0.2) is 5.76 Å². The van der Waals surface area contributed by atoms with Crippen LogP contribution in [-0.2, 0) is 12.8 Å². The zero-order valence-corrected chi connectivity index (χ0v) is 10.2. The Morgan fingerprint density at radius 3 is 3.19 bits per heavy atom. The summed E-state index contributed by atoms with van der Waals surface area (Å²) in [5.74, 6) is 0.864. The Morgan fingerprint density at radius 2 is 2.44 bits per heavy atom. The van der Waals surface area contributed by atoms with Gasteiger partial charge < -0.3 is 4.52 Å². The molecule has 0 unspecified atom stereocenters. The molecule has 1 aliphatic rings. The van der Waals surface area contributed by atoms with Gasteiger partial charge in [-0.05, 0) is 24.7 Å². The second kappa shape index (κ2) is 3.65. The third kappa shape index (κ3) is 1.24. The second-order valence-corrected chi connectivity index (χ2v) is 5.66. The van der Waals surface area contributed by atoms with Crippen molar-refractivity contribution in [2.75, 3.05) is 6.26 Å². The minimum Gasteiger partial charge on any atom is -0.356 e. The summed E-state index contributed by atoms with van der Waals surface area (Å²) in [5, 5.41) is 13.0. The topological polar surface area (TPSA) is 49.8 Å². The molecule has 3 rings (SSSR count). The largest absolute Gasteiger partial charge is 0.356 e. The number of thiophene rings is 1. The molecule has 16 heavy (non-hydrogen) atoms. The molecule has 0 aliphatic heterocycles. The normalized spacial score (nSPS) is 13.0. The summed E-state index contributed by atoms with van der Waals surface area (Å²) in [6.45, 7) is 0. The van der Waals surface area contributed by atoms with E-state index in [0.29, 0.717) is 0 Å². The molecule has 2 aromatic rings. The number of thioether (sulfide) groups is 1. The molecule has 5 heteroatoms. The number of aryl methyl sites for hydroxylation is 1. The van der Waals surface area contributed by atoms with Crippen LogP contribution in [0, 0.1) is 11.3 Å². The molecule has 0 atom stereocenters. The molecule has 0 radical (unpaired) electrons. The van der Waals surface area contributed by atoms with Gasteiger partial charge in [-0.25, -0.2) is 0 Å². The van der Waals surface area contributed by atoms with E-state index in [1.54, 1.807) is 29.3 Å². The van der Waals surface area contributed by atoms with Crippen molar-refractivity contribution in [2.45, 2.75) is 17.1 Å². The lowest BCUT2D eigenvalue weighted by Crippen LogP contribution is -2.00. The second-order valence-electron chi connectivity index (χ2n) is 3.57. The van der Waals surface area contributed by atoms with Crippen molar-refractivity contribution in [1.82, 2.24) is 5.16 Å². The molecule has 0 N–H and O–H groups in total. The third-order valence-corrected chi connectivity index (χ3v) is 5.03. The van der Waals surface area contributed by atoms with Gasteiger partial charge in [-0.3, -0.25) is 0 Å². The highest BCUT2D eigenvalue weighted by atomic mass is 32.2. The van der Waals surface area contributed by atoms with Crippen LogP contribution in [0.15, 0.2) is 14.9 Å².